The van der Waals surface area contributed by atoms with Crippen molar-refractivity contribution in [1.29, 1.82) is 0 Å². The van der Waals surface area contributed by atoms with Crippen molar-refractivity contribution < 1.29 is 9.47 Å². The fraction of sp³-hybridized carbons (Fsp3) is 0.368. The molecule has 132 valence electrons. The zero-order valence-corrected chi connectivity index (χ0v) is 15.8. The summed E-state index contributed by atoms with van der Waals surface area (Å²) in [6.45, 7) is 4.96. The van der Waals surface area contributed by atoms with Gasteiger partial charge >= 0.3 is 0 Å². The normalized spacial score (nSPS) is 11.2. The molecule has 0 fully saturated rings. The predicted octanol–water partition coefficient (Wildman–Crippen LogP) is 3.32. The third-order valence-corrected chi connectivity index (χ3v) is 5.53. The minimum atomic E-state index is 0.00815. The largest absolute Gasteiger partial charge is 0.496 e. The molecule has 0 aliphatic heterocycles. The van der Waals surface area contributed by atoms with Gasteiger partial charge in [0.15, 0.2) is 0 Å². The summed E-state index contributed by atoms with van der Waals surface area (Å²) >= 11 is 1.57. The van der Waals surface area contributed by atoms with Crippen molar-refractivity contribution in [2.75, 3.05) is 20.8 Å². The van der Waals surface area contributed by atoms with Gasteiger partial charge in [0.2, 0.25) is 0 Å². The van der Waals surface area contributed by atoms with Gasteiger partial charge in [-0.05, 0) is 25.5 Å². The molecule has 0 aliphatic rings. The number of benzene rings is 1. The number of aromatic nitrogens is 2. The Bertz CT molecular complexity index is 959. The summed E-state index contributed by atoms with van der Waals surface area (Å²) < 4.78 is 12.4. The van der Waals surface area contributed by atoms with Crippen LogP contribution in [0.5, 0.6) is 5.75 Å². The van der Waals surface area contributed by atoms with E-state index in [1.165, 1.54) is 0 Å². The third kappa shape index (κ3) is 3.32. The highest BCUT2D eigenvalue weighted by Gasteiger charge is 2.17. The van der Waals surface area contributed by atoms with E-state index in [0.29, 0.717) is 19.6 Å². The summed E-state index contributed by atoms with van der Waals surface area (Å²) in [5.41, 5.74) is 2.04. The Labute approximate surface area is 150 Å². The van der Waals surface area contributed by atoms with E-state index in [1.54, 1.807) is 30.1 Å². The molecule has 0 amide bonds. The molecule has 0 N–H and O–H groups in total. The van der Waals surface area contributed by atoms with Crippen molar-refractivity contribution in [2.45, 2.75) is 26.8 Å². The number of hydrogen-bond acceptors (Lipinski definition) is 5. The SMILES string of the molecule is COCCn1c(Cc2ccccc2OC)nc2sc(C)c(C)c2c1=O. The van der Waals surface area contributed by atoms with E-state index < -0.39 is 0 Å². The van der Waals surface area contributed by atoms with Crippen LogP contribution in [0.25, 0.3) is 10.2 Å². The lowest BCUT2D eigenvalue weighted by Gasteiger charge is -2.14. The van der Waals surface area contributed by atoms with Gasteiger partial charge in [-0.3, -0.25) is 9.36 Å². The van der Waals surface area contributed by atoms with Gasteiger partial charge in [-0.15, -0.1) is 11.3 Å². The fourth-order valence-electron chi connectivity index (χ4n) is 2.94. The Morgan fingerprint density at radius 2 is 1.96 bits per heavy atom. The highest BCUT2D eigenvalue weighted by atomic mass is 32.1. The first-order valence-electron chi connectivity index (χ1n) is 8.17. The minimum absolute atomic E-state index is 0.00815. The van der Waals surface area contributed by atoms with Crippen molar-refractivity contribution in [3.63, 3.8) is 0 Å². The van der Waals surface area contributed by atoms with Gasteiger partial charge in [0.1, 0.15) is 16.4 Å². The lowest BCUT2D eigenvalue weighted by molar-refractivity contribution is 0.185. The van der Waals surface area contributed by atoms with Crippen LogP contribution in [0.1, 0.15) is 21.8 Å². The van der Waals surface area contributed by atoms with Gasteiger partial charge < -0.3 is 9.47 Å². The first-order valence-corrected chi connectivity index (χ1v) is 8.98. The molecule has 0 unspecified atom stereocenters. The van der Waals surface area contributed by atoms with E-state index in [-0.39, 0.29) is 5.56 Å². The summed E-state index contributed by atoms with van der Waals surface area (Å²) in [7, 11) is 3.29. The summed E-state index contributed by atoms with van der Waals surface area (Å²) in [6.07, 6.45) is 0.537. The summed E-state index contributed by atoms with van der Waals surface area (Å²) in [5, 5.41) is 0.724. The maximum Gasteiger partial charge on any atom is 0.262 e. The lowest BCUT2D eigenvalue weighted by Crippen LogP contribution is -2.27. The lowest BCUT2D eigenvalue weighted by atomic mass is 10.1. The number of aryl methyl sites for hydroxylation is 2. The molecule has 1 aromatic carbocycles. The summed E-state index contributed by atoms with van der Waals surface area (Å²) in [4.78, 5) is 19.8. The average Bonchev–Trinajstić information content (AvgIpc) is 2.89. The standard InChI is InChI=1S/C19H22N2O3S/c1-12-13(2)25-18-17(12)19(22)21(9-10-23-3)16(20-18)11-14-7-5-6-8-15(14)24-4/h5-8H,9-11H2,1-4H3. The molecule has 3 rings (SSSR count). The number of fused-ring (bicyclic) bond motifs is 1. The van der Waals surface area contributed by atoms with E-state index in [0.717, 1.165) is 37.8 Å². The molecule has 0 radical (unpaired) electrons. The maximum atomic E-state index is 13.1. The topological polar surface area (TPSA) is 53.4 Å². The smallest absolute Gasteiger partial charge is 0.262 e. The monoisotopic (exact) mass is 358 g/mol. The van der Waals surface area contributed by atoms with Gasteiger partial charge in [0.25, 0.3) is 5.56 Å². The molecule has 2 heterocycles. The van der Waals surface area contributed by atoms with Crippen LogP contribution in [0, 0.1) is 13.8 Å². The minimum Gasteiger partial charge on any atom is -0.496 e. The number of para-hydroxylation sites is 1. The fourth-order valence-corrected chi connectivity index (χ4v) is 3.98. The molecule has 5 nitrogen and oxygen atoms in total. The summed E-state index contributed by atoms with van der Waals surface area (Å²) in [5.74, 6) is 1.54. The Balaban J connectivity index is 2.17. The first-order chi connectivity index (χ1) is 12.1. The van der Waals surface area contributed by atoms with E-state index in [2.05, 4.69) is 0 Å². The molecule has 0 atom stereocenters. The number of rotatable bonds is 6. The van der Waals surface area contributed by atoms with Gasteiger partial charge in [-0.1, -0.05) is 18.2 Å². The second-order valence-corrected chi connectivity index (χ2v) is 7.13. The number of hydrogen-bond donors (Lipinski definition) is 0. The molecule has 0 spiro atoms. The molecule has 0 aliphatic carbocycles. The number of thiophene rings is 1. The van der Waals surface area contributed by atoms with Crippen LogP contribution >= 0.6 is 11.3 Å². The Hall–Kier alpha value is -2.18. The Kier molecular flexibility index (Phi) is 5.20. The molecule has 3 aromatic rings. The van der Waals surface area contributed by atoms with Crippen LogP contribution in [-0.2, 0) is 17.7 Å². The molecular weight excluding hydrogens is 336 g/mol. The quantitative estimate of drug-likeness (QED) is 0.678. The molecule has 0 saturated heterocycles. The van der Waals surface area contributed by atoms with Crippen molar-refractivity contribution in [2.24, 2.45) is 0 Å². The third-order valence-electron chi connectivity index (χ3n) is 4.43. The second kappa shape index (κ2) is 7.37. The van der Waals surface area contributed by atoms with Crippen molar-refractivity contribution in [1.82, 2.24) is 9.55 Å². The van der Waals surface area contributed by atoms with E-state index in [9.17, 15) is 4.79 Å². The number of nitrogens with zero attached hydrogens (tertiary/aromatic N) is 2. The van der Waals surface area contributed by atoms with Crippen LogP contribution in [0.4, 0.5) is 0 Å². The predicted molar refractivity (Wildman–Crippen MR) is 101 cm³/mol. The molecule has 25 heavy (non-hydrogen) atoms. The van der Waals surface area contributed by atoms with Gasteiger partial charge in [0.05, 0.1) is 25.6 Å². The maximum absolute atomic E-state index is 13.1. The number of ether oxygens (including phenoxy) is 2. The Morgan fingerprint density at radius 1 is 1.20 bits per heavy atom. The Morgan fingerprint density at radius 3 is 2.68 bits per heavy atom. The van der Waals surface area contributed by atoms with Crippen LogP contribution < -0.4 is 10.3 Å². The van der Waals surface area contributed by atoms with E-state index >= 15 is 0 Å². The summed E-state index contributed by atoms with van der Waals surface area (Å²) in [6, 6.07) is 7.82. The van der Waals surface area contributed by atoms with Crippen LogP contribution in [-0.4, -0.2) is 30.4 Å². The zero-order valence-electron chi connectivity index (χ0n) is 15.0. The zero-order chi connectivity index (χ0) is 18.0. The molecule has 0 bridgehead atoms. The number of methoxy groups -OCH3 is 2. The average molecular weight is 358 g/mol. The molecule has 0 saturated carbocycles. The van der Waals surface area contributed by atoms with E-state index in [1.807, 2.05) is 38.1 Å². The van der Waals surface area contributed by atoms with Crippen LogP contribution in [0.15, 0.2) is 29.1 Å². The van der Waals surface area contributed by atoms with Crippen LogP contribution in [0.2, 0.25) is 0 Å². The van der Waals surface area contributed by atoms with E-state index in [4.69, 9.17) is 14.5 Å². The highest BCUT2D eigenvalue weighted by Crippen LogP contribution is 2.27. The second-order valence-electron chi connectivity index (χ2n) is 5.93. The molecule has 6 heteroatoms. The van der Waals surface area contributed by atoms with Gasteiger partial charge in [-0.2, -0.15) is 0 Å². The van der Waals surface area contributed by atoms with Crippen LogP contribution in [0.3, 0.4) is 0 Å². The van der Waals surface area contributed by atoms with Crippen molar-refractivity contribution in [3.8, 4) is 5.75 Å². The van der Waals surface area contributed by atoms with Crippen molar-refractivity contribution >= 4 is 21.6 Å². The molecule has 2 aromatic heterocycles. The van der Waals surface area contributed by atoms with Crippen molar-refractivity contribution in [3.05, 3.63) is 56.4 Å². The first kappa shape index (κ1) is 17.6. The van der Waals surface area contributed by atoms with Gasteiger partial charge in [0, 0.05) is 24.0 Å². The van der Waals surface area contributed by atoms with Gasteiger partial charge in [-0.25, -0.2) is 4.98 Å². The highest BCUT2D eigenvalue weighted by molar-refractivity contribution is 7.18. The molecular formula is C19H22N2O3S.